The molecule has 0 spiro atoms. The van der Waals surface area contributed by atoms with Crippen LogP contribution in [0.5, 0.6) is 0 Å². The number of hydrogen-bond donors (Lipinski definition) is 0. The topological polar surface area (TPSA) is 87.3 Å². The van der Waals surface area contributed by atoms with Crippen molar-refractivity contribution in [3.63, 3.8) is 0 Å². The number of nitro groups is 1. The molecular formula is C15H16ClN3O4. The molecule has 2 rings (SSSR count). The molecule has 2 aromatic rings. The smallest absolute Gasteiger partial charge is 0.342 e. The molecule has 0 aliphatic rings. The number of ether oxygens (including phenoxy) is 1. The molecule has 0 saturated heterocycles. The van der Waals surface area contributed by atoms with Crippen LogP contribution in [0, 0.1) is 17.0 Å². The fourth-order valence-corrected chi connectivity index (χ4v) is 2.22. The van der Waals surface area contributed by atoms with Gasteiger partial charge in [-0.05, 0) is 29.0 Å². The summed E-state index contributed by atoms with van der Waals surface area (Å²) in [6.07, 6.45) is 1.99. The molecule has 1 heterocycles. The van der Waals surface area contributed by atoms with E-state index in [1.54, 1.807) is 19.1 Å². The molecule has 122 valence electrons. The van der Waals surface area contributed by atoms with Crippen LogP contribution in [-0.4, -0.2) is 27.1 Å². The van der Waals surface area contributed by atoms with Crippen LogP contribution in [0.4, 0.5) is 5.82 Å². The van der Waals surface area contributed by atoms with Gasteiger partial charge in [-0.1, -0.05) is 23.7 Å². The molecule has 0 aliphatic carbocycles. The van der Waals surface area contributed by atoms with Gasteiger partial charge in [0.1, 0.15) is 19.3 Å². The highest BCUT2D eigenvalue weighted by Gasteiger charge is 2.17. The predicted molar refractivity (Wildman–Crippen MR) is 84.4 cm³/mol. The zero-order valence-electron chi connectivity index (χ0n) is 12.6. The standard InChI is InChI=1S/C15H16ClN3O4/c1-11-17-10-14(19(21)22)18(11)8-9-23-15(20)7-4-12-2-5-13(16)6-3-12/h2-3,5-6,10H,4,7-9H2,1H3. The quantitative estimate of drug-likeness (QED) is 0.440. The number of carbonyl (C=O) groups is 1. The number of rotatable bonds is 7. The van der Waals surface area contributed by atoms with Crippen LogP contribution in [0.1, 0.15) is 17.8 Å². The molecule has 0 aliphatic heterocycles. The second-order valence-corrected chi connectivity index (χ2v) is 5.36. The number of aromatic nitrogens is 2. The zero-order chi connectivity index (χ0) is 16.8. The molecular weight excluding hydrogens is 322 g/mol. The lowest BCUT2D eigenvalue weighted by Gasteiger charge is -2.06. The van der Waals surface area contributed by atoms with Crippen LogP contribution in [0.2, 0.25) is 5.02 Å². The maximum Gasteiger partial charge on any atom is 0.342 e. The highest BCUT2D eigenvalue weighted by Crippen LogP contribution is 2.13. The van der Waals surface area contributed by atoms with Gasteiger partial charge in [0.15, 0.2) is 5.82 Å². The molecule has 0 N–H and O–H groups in total. The third-order valence-electron chi connectivity index (χ3n) is 3.33. The average Bonchev–Trinajstić information content (AvgIpc) is 2.88. The van der Waals surface area contributed by atoms with E-state index in [1.807, 2.05) is 12.1 Å². The number of esters is 1. The highest BCUT2D eigenvalue weighted by atomic mass is 35.5. The lowest BCUT2D eigenvalue weighted by Crippen LogP contribution is -2.14. The fraction of sp³-hybridized carbons (Fsp3) is 0.333. The van der Waals surface area contributed by atoms with Gasteiger partial charge in [-0.15, -0.1) is 0 Å². The van der Waals surface area contributed by atoms with E-state index in [2.05, 4.69) is 4.98 Å². The van der Waals surface area contributed by atoms with E-state index in [-0.39, 0.29) is 31.4 Å². The summed E-state index contributed by atoms with van der Waals surface area (Å²) in [7, 11) is 0. The Hall–Kier alpha value is -2.41. The van der Waals surface area contributed by atoms with Crippen molar-refractivity contribution in [1.29, 1.82) is 0 Å². The third kappa shape index (κ3) is 4.79. The minimum Gasteiger partial charge on any atom is -0.461 e. The Morgan fingerprint density at radius 3 is 2.74 bits per heavy atom. The second kappa shape index (κ2) is 7.73. The van der Waals surface area contributed by atoms with E-state index in [4.69, 9.17) is 16.3 Å². The van der Waals surface area contributed by atoms with Crippen molar-refractivity contribution < 1.29 is 14.5 Å². The van der Waals surface area contributed by atoms with E-state index in [0.717, 1.165) is 5.56 Å². The van der Waals surface area contributed by atoms with Gasteiger partial charge in [-0.25, -0.2) is 9.55 Å². The molecule has 0 radical (unpaired) electrons. The molecule has 7 nitrogen and oxygen atoms in total. The summed E-state index contributed by atoms with van der Waals surface area (Å²) in [6, 6.07) is 7.24. The van der Waals surface area contributed by atoms with Crippen molar-refractivity contribution >= 4 is 23.4 Å². The largest absolute Gasteiger partial charge is 0.461 e. The van der Waals surface area contributed by atoms with Gasteiger partial charge < -0.3 is 14.9 Å². The van der Waals surface area contributed by atoms with E-state index >= 15 is 0 Å². The monoisotopic (exact) mass is 337 g/mol. The second-order valence-electron chi connectivity index (χ2n) is 4.92. The Morgan fingerprint density at radius 1 is 1.39 bits per heavy atom. The molecule has 1 aromatic heterocycles. The summed E-state index contributed by atoms with van der Waals surface area (Å²) >= 11 is 5.79. The van der Waals surface area contributed by atoms with Crippen LogP contribution >= 0.6 is 11.6 Å². The van der Waals surface area contributed by atoms with Crippen LogP contribution in [0.3, 0.4) is 0 Å². The Bertz CT molecular complexity index is 697. The minimum absolute atomic E-state index is 0.0670. The van der Waals surface area contributed by atoms with Crippen LogP contribution in [-0.2, 0) is 22.5 Å². The minimum atomic E-state index is -0.512. The van der Waals surface area contributed by atoms with E-state index in [0.29, 0.717) is 17.3 Å². The lowest BCUT2D eigenvalue weighted by atomic mass is 10.1. The van der Waals surface area contributed by atoms with Gasteiger partial charge in [-0.3, -0.25) is 4.79 Å². The summed E-state index contributed by atoms with van der Waals surface area (Å²) < 4.78 is 6.52. The van der Waals surface area contributed by atoms with Crippen LogP contribution in [0.15, 0.2) is 30.5 Å². The summed E-state index contributed by atoms with van der Waals surface area (Å²) in [5.41, 5.74) is 0.993. The first kappa shape index (κ1) is 17.0. The van der Waals surface area contributed by atoms with Gasteiger partial charge in [0, 0.05) is 18.4 Å². The van der Waals surface area contributed by atoms with Crippen molar-refractivity contribution in [1.82, 2.24) is 9.55 Å². The van der Waals surface area contributed by atoms with Crippen LogP contribution < -0.4 is 0 Å². The van der Waals surface area contributed by atoms with Crippen molar-refractivity contribution in [3.8, 4) is 0 Å². The Labute approximate surface area is 138 Å². The maximum atomic E-state index is 11.7. The van der Waals surface area contributed by atoms with E-state index < -0.39 is 4.92 Å². The lowest BCUT2D eigenvalue weighted by molar-refractivity contribution is -0.392. The normalized spacial score (nSPS) is 10.5. The Balaban J connectivity index is 1.78. The number of hydrogen-bond acceptors (Lipinski definition) is 5. The van der Waals surface area contributed by atoms with Crippen molar-refractivity contribution in [2.45, 2.75) is 26.3 Å². The predicted octanol–water partition coefficient (Wildman–Crippen LogP) is 2.93. The molecule has 0 bridgehead atoms. The van der Waals surface area contributed by atoms with E-state index in [9.17, 15) is 14.9 Å². The molecule has 0 fully saturated rings. The van der Waals surface area contributed by atoms with Crippen molar-refractivity contribution in [2.24, 2.45) is 0 Å². The van der Waals surface area contributed by atoms with Crippen LogP contribution in [0.25, 0.3) is 0 Å². The first-order valence-corrected chi connectivity index (χ1v) is 7.42. The van der Waals surface area contributed by atoms with Gasteiger partial charge in [0.05, 0.1) is 0 Å². The summed E-state index contributed by atoms with van der Waals surface area (Å²) in [5.74, 6) is 0.0500. The van der Waals surface area contributed by atoms with Gasteiger partial charge >= 0.3 is 11.8 Å². The number of aryl methyl sites for hydroxylation is 2. The summed E-state index contributed by atoms with van der Waals surface area (Å²) in [6.45, 7) is 1.93. The maximum absolute atomic E-state index is 11.7. The first-order chi connectivity index (χ1) is 11.0. The van der Waals surface area contributed by atoms with Gasteiger partial charge in [-0.2, -0.15) is 0 Å². The Morgan fingerprint density at radius 2 is 2.09 bits per heavy atom. The molecule has 0 amide bonds. The molecule has 23 heavy (non-hydrogen) atoms. The highest BCUT2D eigenvalue weighted by molar-refractivity contribution is 6.30. The van der Waals surface area contributed by atoms with Crippen molar-refractivity contribution in [3.05, 3.63) is 57.0 Å². The Kier molecular flexibility index (Phi) is 5.70. The molecule has 0 atom stereocenters. The third-order valence-corrected chi connectivity index (χ3v) is 3.58. The molecule has 0 saturated carbocycles. The number of halogens is 1. The summed E-state index contributed by atoms with van der Waals surface area (Å²) in [4.78, 5) is 25.9. The number of benzene rings is 1. The summed E-state index contributed by atoms with van der Waals surface area (Å²) in [5, 5.41) is 11.5. The molecule has 8 heteroatoms. The van der Waals surface area contributed by atoms with Gasteiger partial charge in [0.2, 0.25) is 0 Å². The van der Waals surface area contributed by atoms with Crippen molar-refractivity contribution in [2.75, 3.05) is 6.61 Å². The molecule has 1 aromatic carbocycles. The fourth-order valence-electron chi connectivity index (χ4n) is 2.10. The number of carbonyl (C=O) groups excluding carboxylic acids is 1. The molecule has 0 unspecified atom stereocenters. The average molecular weight is 338 g/mol. The van der Waals surface area contributed by atoms with Gasteiger partial charge in [0.25, 0.3) is 0 Å². The number of imidazole rings is 1. The van der Waals surface area contributed by atoms with E-state index in [1.165, 1.54) is 10.8 Å². The first-order valence-electron chi connectivity index (χ1n) is 7.04. The SMILES string of the molecule is Cc1ncc([N+](=O)[O-])n1CCOC(=O)CCc1ccc(Cl)cc1. The zero-order valence-corrected chi connectivity index (χ0v) is 13.3. The number of nitrogens with zero attached hydrogens (tertiary/aromatic N) is 3.